The summed E-state index contributed by atoms with van der Waals surface area (Å²) in [4.78, 5) is 12.9. The van der Waals surface area contributed by atoms with Gasteiger partial charge in [0, 0.05) is 6.07 Å². The standard InChI is InChI=1S/C28H34N2O6S/c1-19-11-20(2)14-23(13-19)30(37(32,33)25-7-8-26(34-5)27(17-25)35-6)18-28(31)29-9-10-36-24-15-21(3)12-22(4)16-24/h7-8,11-17H,9-10,18H2,1-6H3,(H,29,31). The Kier molecular flexibility index (Phi) is 9.04. The second kappa shape index (κ2) is 12.0. The second-order valence-corrected chi connectivity index (χ2v) is 10.8. The van der Waals surface area contributed by atoms with Crippen molar-refractivity contribution in [1.29, 1.82) is 0 Å². The number of methoxy groups -OCH3 is 2. The van der Waals surface area contributed by atoms with Gasteiger partial charge in [0.25, 0.3) is 10.0 Å². The van der Waals surface area contributed by atoms with Crippen LogP contribution in [0.4, 0.5) is 5.69 Å². The molecule has 0 bridgehead atoms. The Hall–Kier alpha value is -3.72. The molecule has 0 saturated carbocycles. The zero-order valence-corrected chi connectivity index (χ0v) is 22.9. The number of carbonyl (C=O) groups excluding carboxylic acids is 1. The van der Waals surface area contributed by atoms with Crippen LogP contribution >= 0.6 is 0 Å². The van der Waals surface area contributed by atoms with E-state index in [1.54, 1.807) is 12.1 Å². The van der Waals surface area contributed by atoms with E-state index in [9.17, 15) is 13.2 Å². The molecule has 0 aliphatic rings. The van der Waals surface area contributed by atoms with Gasteiger partial charge in [-0.2, -0.15) is 0 Å². The fourth-order valence-corrected chi connectivity index (χ4v) is 5.50. The van der Waals surface area contributed by atoms with E-state index in [2.05, 4.69) is 11.4 Å². The smallest absolute Gasteiger partial charge is 0.264 e. The lowest BCUT2D eigenvalue weighted by Crippen LogP contribution is -2.42. The fourth-order valence-electron chi connectivity index (χ4n) is 4.08. The molecule has 0 radical (unpaired) electrons. The summed E-state index contributed by atoms with van der Waals surface area (Å²) in [5.41, 5.74) is 4.33. The molecule has 1 amide bonds. The summed E-state index contributed by atoms with van der Waals surface area (Å²) in [5.74, 6) is 0.949. The minimum absolute atomic E-state index is 0.0183. The number of sulfonamides is 1. The van der Waals surface area contributed by atoms with Crippen molar-refractivity contribution in [3.63, 3.8) is 0 Å². The summed E-state index contributed by atoms with van der Waals surface area (Å²) in [6.07, 6.45) is 0. The van der Waals surface area contributed by atoms with E-state index in [4.69, 9.17) is 14.2 Å². The first-order valence-corrected chi connectivity index (χ1v) is 13.3. The van der Waals surface area contributed by atoms with Gasteiger partial charge in [-0.25, -0.2) is 8.42 Å². The Morgan fingerprint density at radius 3 is 1.95 bits per heavy atom. The molecular weight excluding hydrogens is 492 g/mol. The van der Waals surface area contributed by atoms with Crippen LogP contribution in [-0.2, 0) is 14.8 Å². The molecule has 9 heteroatoms. The molecule has 0 fully saturated rings. The van der Waals surface area contributed by atoms with Gasteiger partial charge in [-0.15, -0.1) is 0 Å². The Balaban J connectivity index is 1.81. The van der Waals surface area contributed by atoms with Gasteiger partial charge >= 0.3 is 0 Å². The van der Waals surface area contributed by atoms with Gasteiger partial charge in [0.2, 0.25) is 5.91 Å². The normalized spacial score (nSPS) is 11.1. The van der Waals surface area contributed by atoms with Crippen LogP contribution in [0.3, 0.4) is 0 Å². The van der Waals surface area contributed by atoms with Crippen LogP contribution in [0.2, 0.25) is 0 Å². The molecule has 0 saturated heterocycles. The fraction of sp³-hybridized carbons (Fsp3) is 0.321. The predicted octanol–water partition coefficient (Wildman–Crippen LogP) is 4.33. The van der Waals surface area contributed by atoms with E-state index < -0.39 is 22.5 Å². The van der Waals surface area contributed by atoms with Crippen LogP contribution in [0.25, 0.3) is 0 Å². The summed E-state index contributed by atoms with van der Waals surface area (Å²) >= 11 is 0. The second-order valence-electron chi connectivity index (χ2n) is 8.90. The van der Waals surface area contributed by atoms with Crippen molar-refractivity contribution in [3.05, 3.63) is 76.9 Å². The number of hydrogen-bond acceptors (Lipinski definition) is 6. The largest absolute Gasteiger partial charge is 0.493 e. The maximum absolute atomic E-state index is 13.8. The molecule has 0 aliphatic heterocycles. The average molecular weight is 527 g/mol. The van der Waals surface area contributed by atoms with E-state index in [0.29, 0.717) is 11.4 Å². The van der Waals surface area contributed by atoms with Gasteiger partial charge in [0.1, 0.15) is 18.9 Å². The van der Waals surface area contributed by atoms with Crippen LogP contribution in [0.5, 0.6) is 17.2 Å². The third kappa shape index (κ3) is 7.16. The topological polar surface area (TPSA) is 94.2 Å². The summed E-state index contributed by atoms with van der Waals surface area (Å²) in [7, 11) is -1.21. The SMILES string of the molecule is COc1ccc(S(=O)(=O)N(CC(=O)NCCOc2cc(C)cc(C)c2)c2cc(C)cc(C)c2)cc1OC. The molecule has 0 aromatic heterocycles. The first kappa shape index (κ1) is 27.9. The number of nitrogens with one attached hydrogen (secondary N) is 1. The molecule has 1 N–H and O–H groups in total. The number of anilines is 1. The van der Waals surface area contributed by atoms with Crippen LogP contribution < -0.4 is 23.8 Å². The van der Waals surface area contributed by atoms with Crippen molar-refractivity contribution in [2.45, 2.75) is 32.6 Å². The van der Waals surface area contributed by atoms with Crippen molar-refractivity contribution >= 4 is 21.6 Å². The number of benzene rings is 3. The monoisotopic (exact) mass is 526 g/mol. The van der Waals surface area contributed by atoms with E-state index in [0.717, 1.165) is 32.3 Å². The highest BCUT2D eigenvalue weighted by Crippen LogP contribution is 2.32. The quantitative estimate of drug-likeness (QED) is 0.374. The van der Waals surface area contributed by atoms with E-state index in [1.807, 2.05) is 45.9 Å². The number of hydrogen-bond donors (Lipinski definition) is 1. The van der Waals surface area contributed by atoms with Crippen molar-refractivity contribution in [1.82, 2.24) is 5.32 Å². The molecule has 0 atom stereocenters. The molecule has 0 aliphatic carbocycles. The van der Waals surface area contributed by atoms with Gasteiger partial charge in [0.15, 0.2) is 11.5 Å². The van der Waals surface area contributed by atoms with Crippen molar-refractivity contribution < 1.29 is 27.4 Å². The summed E-state index contributed by atoms with van der Waals surface area (Å²) in [6.45, 7) is 7.81. The number of aryl methyl sites for hydroxylation is 4. The number of ether oxygens (including phenoxy) is 3. The van der Waals surface area contributed by atoms with E-state index in [1.165, 1.54) is 32.4 Å². The lowest BCUT2D eigenvalue weighted by molar-refractivity contribution is -0.119. The van der Waals surface area contributed by atoms with Gasteiger partial charge in [0.05, 0.1) is 31.3 Å². The van der Waals surface area contributed by atoms with Crippen LogP contribution in [-0.4, -0.2) is 48.2 Å². The van der Waals surface area contributed by atoms with Crippen molar-refractivity contribution in [2.24, 2.45) is 0 Å². The van der Waals surface area contributed by atoms with Crippen LogP contribution in [0, 0.1) is 27.7 Å². The van der Waals surface area contributed by atoms with Gasteiger partial charge < -0.3 is 19.5 Å². The minimum atomic E-state index is -4.12. The summed E-state index contributed by atoms with van der Waals surface area (Å²) in [5, 5.41) is 2.76. The Morgan fingerprint density at radius 2 is 1.38 bits per heavy atom. The summed E-state index contributed by atoms with van der Waals surface area (Å²) < 4.78 is 44.9. The maximum atomic E-state index is 13.8. The molecule has 0 spiro atoms. The average Bonchev–Trinajstić information content (AvgIpc) is 2.83. The summed E-state index contributed by atoms with van der Waals surface area (Å²) in [6, 6.07) is 15.7. The molecular formula is C28H34N2O6S. The van der Waals surface area contributed by atoms with Crippen LogP contribution in [0.15, 0.2) is 59.5 Å². The van der Waals surface area contributed by atoms with Gasteiger partial charge in [-0.1, -0.05) is 12.1 Å². The first-order valence-electron chi connectivity index (χ1n) is 11.8. The van der Waals surface area contributed by atoms with E-state index >= 15 is 0 Å². The first-order chi connectivity index (χ1) is 17.5. The zero-order chi connectivity index (χ0) is 27.2. The Morgan fingerprint density at radius 1 is 0.811 bits per heavy atom. The highest BCUT2D eigenvalue weighted by atomic mass is 32.2. The van der Waals surface area contributed by atoms with Gasteiger partial charge in [-0.05, 0) is 86.3 Å². The molecule has 3 aromatic carbocycles. The molecule has 0 unspecified atom stereocenters. The lowest BCUT2D eigenvalue weighted by atomic mass is 10.1. The predicted molar refractivity (Wildman–Crippen MR) is 144 cm³/mol. The lowest BCUT2D eigenvalue weighted by Gasteiger charge is -2.25. The highest BCUT2D eigenvalue weighted by Gasteiger charge is 2.28. The number of rotatable bonds is 11. The molecule has 3 aromatic rings. The zero-order valence-electron chi connectivity index (χ0n) is 22.1. The Labute approximate surface area is 219 Å². The number of carbonyl (C=O) groups is 1. The maximum Gasteiger partial charge on any atom is 0.264 e. The molecule has 198 valence electrons. The van der Waals surface area contributed by atoms with Crippen LogP contribution in [0.1, 0.15) is 22.3 Å². The molecule has 8 nitrogen and oxygen atoms in total. The van der Waals surface area contributed by atoms with Gasteiger partial charge in [-0.3, -0.25) is 9.10 Å². The Bertz CT molecular complexity index is 1330. The molecule has 3 rings (SSSR count). The molecule has 0 heterocycles. The van der Waals surface area contributed by atoms with Crippen molar-refractivity contribution in [3.8, 4) is 17.2 Å². The minimum Gasteiger partial charge on any atom is -0.493 e. The van der Waals surface area contributed by atoms with Crippen molar-refractivity contribution in [2.75, 3.05) is 38.2 Å². The molecule has 37 heavy (non-hydrogen) atoms. The third-order valence-electron chi connectivity index (χ3n) is 5.61. The number of nitrogens with zero attached hydrogens (tertiary/aromatic N) is 1. The highest BCUT2D eigenvalue weighted by molar-refractivity contribution is 7.92. The third-order valence-corrected chi connectivity index (χ3v) is 7.38. The number of amides is 1. The van der Waals surface area contributed by atoms with E-state index in [-0.39, 0.29) is 23.8 Å².